The first-order valence-electron chi connectivity index (χ1n) is 5.28. The molecule has 2 aromatic rings. The van der Waals surface area contributed by atoms with Gasteiger partial charge in [0, 0.05) is 18.7 Å². The molecule has 0 saturated heterocycles. The Morgan fingerprint density at radius 3 is 2.69 bits per heavy atom. The van der Waals surface area contributed by atoms with Crippen LogP contribution in [0.3, 0.4) is 0 Å². The lowest BCUT2D eigenvalue weighted by Gasteiger charge is -1.97. The molecule has 84 valence electrons. The highest BCUT2D eigenvalue weighted by molar-refractivity contribution is 5.48. The fourth-order valence-corrected chi connectivity index (χ4v) is 1.32. The average molecular weight is 217 g/mol. The Morgan fingerprint density at radius 2 is 2.19 bits per heavy atom. The minimum Gasteiger partial charge on any atom is -0.326 e. The number of rotatable bonds is 3. The van der Waals surface area contributed by atoms with Gasteiger partial charge in [0.25, 0.3) is 0 Å². The van der Waals surface area contributed by atoms with Crippen molar-refractivity contribution in [3.05, 3.63) is 29.7 Å². The highest BCUT2D eigenvalue weighted by atomic mass is 15.2. The smallest absolute Gasteiger partial charge is 0.199 e. The summed E-state index contributed by atoms with van der Waals surface area (Å²) in [5.41, 5.74) is 7.27. The van der Waals surface area contributed by atoms with Crippen molar-refractivity contribution < 1.29 is 0 Å². The Labute approximate surface area is 94.1 Å². The van der Waals surface area contributed by atoms with Gasteiger partial charge >= 0.3 is 0 Å². The number of nitrogens with one attached hydrogen (secondary N) is 1. The summed E-state index contributed by atoms with van der Waals surface area (Å²) in [4.78, 5) is 8.64. The van der Waals surface area contributed by atoms with Gasteiger partial charge in [0.15, 0.2) is 5.82 Å². The van der Waals surface area contributed by atoms with Crippen LogP contribution in [0.5, 0.6) is 0 Å². The van der Waals surface area contributed by atoms with Gasteiger partial charge in [-0.05, 0) is 11.6 Å². The molecule has 5 nitrogen and oxygen atoms in total. The van der Waals surface area contributed by atoms with Gasteiger partial charge in [0.2, 0.25) is 0 Å². The molecule has 16 heavy (non-hydrogen) atoms. The van der Waals surface area contributed by atoms with Gasteiger partial charge in [-0.15, -0.1) is 0 Å². The molecule has 5 heteroatoms. The van der Waals surface area contributed by atoms with E-state index >= 15 is 0 Å². The number of aromatic amines is 1. The van der Waals surface area contributed by atoms with Crippen LogP contribution < -0.4 is 5.73 Å². The number of nitrogens with two attached hydrogens (primary N) is 1. The third-order valence-corrected chi connectivity index (χ3v) is 2.34. The summed E-state index contributed by atoms with van der Waals surface area (Å²) in [6.07, 6.45) is 1.75. The second-order valence-corrected chi connectivity index (χ2v) is 3.95. The van der Waals surface area contributed by atoms with Crippen molar-refractivity contribution in [1.82, 2.24) is 20.2 Å². The molecule has 0 fully saturated rings. The van der Waals surface area contributed by atoms with Crippen LogP contribution in [0.4, 0.5) is 0 Å². The summed E-state index contributed by atoms with van der Waals surface area (Å²) < 4.78 is 0. The molecule has 2 aromatic heterocycles. The van der Waals surface area contributed by atoms with Gasteiger partial charge in [-0.1, -0.05) is 19.9 Å². The van der Waals surface area contributed by atoms with Gasteiger partial charge < -0.3 is 5.73 Å². The number of hydrogen-bond acceptors (Lipinski definition) is 4. The van der Waals surface area contributed by atoms with Crippen LogP contribution in [0.15, 0.2) is 18.3 Å². The van der Waals surface area contributed by atoms with Crippen LogP contribution in [-0.2, 0) is 6.54 Å². The summed E-state index contributed by atoms with van der Waals surface area (Å²) in [7, 11) is 0. The van der Waals surface area contributed by atoms with Crippen LogP contribution in [0.2, 0.25) is 0 Å². The maximum absolute atomic E-state index is 5.50. The van der Waals surface area contributed by atoms with Crippen LogP contribution in [-0.4, -0.2) is 20.2 Å². The second-order valence-electron chi connectivity index (χ2n) is 3.95. The van der Waals surface area contributed by atoms with Gasteiger partial charge in [0.1, 0.15) is 11.5 Å². The zero-order valence-corrected chi connectivity index (χ0v) is 9.44. The topological polar surface area (TPSA) is 80.5 Å². The van der Waals surface area contributed by atoms with E-state index in [2.05, 4.69) is 34.0 Å². The standard InChI is InChI=1S/C11H15N5/c1-7(2)10-14-11(16-15-10)9-4-3-8(5-12)6-13-9/h3-4,6-7H,5,12H2,1-2H3,(H,14,15,16). The molecule has 2 heterocycles. The lowest BCUT2D eigenvalue weighted by atomic mass is 10.2. The first kappa shape index (κ1) is 10.8. The molecular formula is C11H15N5. The molecule has 0 bridgehead atoms. The lowest BCUT2D eigenvalue weighted by Crippen LogP contribution is -1.97. The van der Waals surface area contributed by atoms with Crippen molar-refractivity contribution in [3.63, 3.8) is 0 Å². The Kier molecular flexibility index (Phi) is 2.96. The average Bonchev–Trinajstić information content (AvgIpc) is 2.78. The third kappa shape index (κ3) is 2.09. The van der Waals surface area contributed by atoms with E-state index in [1.807, 2.05) is 12.1 Å². The van der Waals surface area contributed by atoms with Crippen LogP contribution >= 0.6 is 0 Å². The van der Waals surface area contributed by atoms with Gasteiger partial charge in [-0.25, -0.2) is 4.98 Å². The van der Waals surface area contributed by atoms with Crippen molar-refractivity contribution in [3.8, 4) is 11.5 Å². The monoisotopic (exact) mass is 217 g/mol. The molecule has 0 unspecified atom stereocenters. The Hall–Kier alpha value is -1.75. The van der Waals surface area contributed by atoms with E-state index in [0.717, 1.165) is 17.1 Å². The largest absolute Gasteiger partial charge is 0.326 e. The first-order valence-corrected chi connectivity index (χ1v) is 5.28. The fraction of sp³-hybridized carbons (Fsp3) is 0.364. The normalized spacial score (nSPS) is 11.0. The maximum atomic E-state index is 5.50. The molecule has 0 aliphatic heterocycles. The van der Waals surface area contributed by atoms with E-state index in [9.17, 15) is 0 Å². The Morgan fingerprint density at radius 1 is 1.38 bits per heavy atom. The predicted molar refractivity (Wildman–Crippen MR) is 61.6 cm³/mol. The summed E-state index contributed by atoms with van der Waals surface area (Å²) in [5, 5.41) is 7.04. The van der Waals surface area contributed by atoms with Crippen LogP contribution in [0, 0.1) is 0 Å². The zero-order chi connectivity index (χ0) is 11.5. The van der Waals surface area contributed by atoms with E-state index < -0.39 is 0 Å². The van der Waals surface area contributed by atoms with E-state index in [0.29, 0.717) is 18.3 Å². The molecule has 0 aliphatic carbocycles. The maximum Gasteiger partial charge on any atom is 0.199 e. The molecule has 0 atom stereocenters. The molecule has 0 aromatic carbocycles. The molecule has 0 aliphatic rings. The zero-order valence-electron chi connectivity index (χ0n) is 9.44. The van der Waals surface area contributed by atoms with Crippen LogP contribution in [0.1, 0.15) is 31.2 Å². The second kappa shape index (κ2) is 4.40. The van der Waals surface area contributed by atoms with E-state index in [1.54, 1.807) is 6.20 Å². The van der Waals surface area contributed by atoms with Crippen molar-refractivity contribution in [1.29, 1.82) is 0 Å². The highest BCUT2D eigenvalue weighted by Gasteiger charge is 2.09. The number of pyridine rings is 1. The highest BCUT2D eigenvalue weighted by Crippen LogP contribution is 2.15. The lowest BCUT2D eigenvalue weighted by molar-refractivity contribution is 0.781. The van der Waals surface area contributed by atoms with Crippen molar-refractivity contribution in [2.45, 2.75) is 26.3 Å². The SMILES string of the molecule is CC(C)c1nc(-c2ccc(CN)cn2)n[nH]1. The molecule has 0 saturated carbocycles. The van der Waals surface area contributed by atoms with Gasteiger partial charge in [-0.2, -0.15) is 5.10 Å². The number of aromatic nitrogens is 4. The summed E-state index contributed by atoms with van der Waals surface area (Å²) in [6, 6.07) is 3.82. The van der Waals surface area contributed by atoms with Gasteiger partial charge in [-0.3, -0.25) is 10.1 Å². The van der Waals surface area contributed by atoms with E-state index in [-0.39, 0.29) is 0 Å². The number of H-pyrrole nitrogens is 1. The minimum absolute atomic E-state index is 0.338. The van der Waals surface area contributed by atoms with Crippen molar-refractivity contribution >= 4 is 0 Å². The number of nitrogens with zero attached hydrogens (tertiary/aromatic N) is 3. The molecular weight excluding hydrogens is 202 g/mol. The van der Waals surface area contributed by atoms with E-state index in [4.69, 9.17) is 5.73 Å². The van der Waals surface area contributed by atoms with Crippen LogP contribution in [0.25, 0.3) is 11.5 Å². The Bertz CT molecular complexity index is 457. The molecule has 3 N–H and O–H groups in total. The quantitative estimate of drug-likeness (QED) is 0.815. The molecule has 2 rings (SSSR count). The summed E-state index contributed by atoms with van der Waals surface area (Å²) in [6.45, 7) is 4.63. The third-order valence-electron chi connectivity index (χ3n) is 2.34. The first-order chi connectivity index (χ1) is 7.70. The van der Waals surface area contributed by atoms with E-state index in [1.165, 1.54) is 0 Å². The molecule has 0 radical (unpaired) electrons. The number of hydrogen-bond donors (Lipinski definition) is 2. The van der Waals surface area contributed by atoms with Crippen molar-refractivity contribution in [2.24, 2.45) is 5.73 Å². The minimum atomic E-state index is 0.338. The fourth-order valence-electron chi connectivity index (χ4n) is 1.32. The molecule has 0 spiro atoms. The Balaban J connectivity index is 2.28. The summed E-state index contributed by atoms with van der Waals surface area (Å²) in [5.74, 6) is 1.84. The van der Waals surface area contributed by atoms with Gasteiger partial charge in [0.05, 0.1) is 0 Å². The predicted octanol–water partition coefficient (Wildman–Crippen LogP) is 1.45. The van der Waals surface area contributed by atoms with Crippen molar-refractivity contribution in [2.75, 3.05) is 0 Å². The molecule has 0 amide bonds. The summed E-state index contributed by atoms with van der Waals surface area (Å²) >= 11 is 0.